The first-order chi connectivity index (χ1) is 17.9. The monoisotopic (exact) mass is 500 g/mol. The summed E-state index contributed by atoms with van der Waals surface area (Å²) in [5.74, 6) is -0.00844. The van der Waals surface area contributed by atoms with E-state index in [2.05, 4.69) is 20.9 Å². The van der Waals surface area contributed by atoms with Crippen molar-refractivity contribution < 1.29 is 14.3 Å². The summed E-state index contributed by atoms with van der Waals surface area (Å²) in [7, 11) is 1.30. The maximum Gasteiger partial charge on any atom is 0.411 e. The van der Waals surface area contributed by atoms with Gasteiger partial charge in [-0.05, 0) is 48.2 Å². The minimum atomic E-state index is -0.577. The van der Waals surface area contributed by atoms with E-state index in [1.165, 1.54) is 7.11 Å². The minimum absolute atomic E-state index is 0.0283. The summed E-state index contributed by atoms with van der Waals surface area (Å²) in [5.41, 5.74) is 11.2. The maximum absolute atomic E-state index is 12.7. The minimum Gasteiger partial charge on any atom is -0.453 e. The highest BCUT2D eigenvalue weighted by Gasteiger charge is 2.17. The first kappa shape index (κ1) is 25.8. The van der Waals surface area contributed by atoms with E-state index in [0.29, 0.717) is 29.9 Å². The van der Waals surface area contributed by atoms with Crippen LogP contribution >= 0.6 is 0 Å². The smallest absolute Gasteiger partial charge is 0.411 e. The van der Waals surface area contributed by atoms with E-state index in [0.717, 1.165) is 48.1 Å². The molecule has 192 valence electrons. The van der Waals surface area contributed by atoms with Crippen molar-refractivity contribution in [3.63, 3.8) is 0 Å². The lowest BCUT2D eigenvalue weighted by molar-refractivity contribution is -0.116. The number of carbonyl (C=O) groups excluding carboxylic acids is 2. The number of aromatic nitrogens is 1. The average Bonchev–Trinajstić information content (AvgIpc) is 2.90. The number of carbonyl (C=O) groups is 2. The molecule has 1 aromatic heterocycles. The zero-order valence-electron chi connectivity index (χ0n) is 20.8. The standard InChI is InChI=1S/C28H32N6O3/c1-37-28(36)33-21-11-12-22-20-13-14-31-25(15-20)23(5-3-2-4-6-26(35)34-24(22)16-21)32-17-18-7-9-19(10-8-18)27(29)30/h7-16,23,32H,2-6,17H2,1H3,(H3,29,30)(H,33,36)(H,34,35). The summed E-state index contributed by atoms with van der Waals surface area (Å²) in [6, 6.07) is 17.0. The Bertz CT molecular complexity index is 1280. The third kappa shape index (κ3) is 6.92. The normalized spacial score (nSPS) is 15.7. The Kier molecular flexibility index (Phi) is 8.48. The van der Waals surface area contributed by atoms with Gasteiger partial charge in [0.05, 0.1) is 18.5 Å². The van der Waals surface area contributed by atoms with Gasteiger partial charge in [-0.2, -0.15) is 0 Å². The number of anilines is 2. The first-order valence-electron chi connectivity index (χ1n) is 12.3. The number of fused-ring (bicyclic) bond motifs is 4. The molecule has 0 saturated carbocycles. The third-order valence-electron chi connectivity index (χ3n) is 6.39. The molecule has 1 aliphatic rings. The van der Waals surface area contributed by atoms with E-state index in [1.807, 2.05) is 42.5 Å². The van der Waals surface area contributed by atoms with Gasteiger partial charge in [0.1, 0.15) is 5.84 Å². The zero-order valence-corrected chi connectivity index (χ0v) is 20.8. The summed E-state index contributed by atoms with van der Waals surface area (Å²) in [6.45, 7) is 0.647. The number of nitrogens with zero attached hydrogens (tertiary/aromatic N) is 1. The van der Waals surface area contributed by atoms with Crippen molar-refractivity contribution in [3.05, 3.63) is 77.6 Å². The van der Waals surface area contributed by atoms with Gasteiger partial charge in [0.15, 0.2) is 0 Å². The van der Waals surface area contributed by atoms with Gasteiger partial charge in [0, 0.05) is 42.0 Å². The van der Waals surface area contributed by atoms with E-state index in [9.17, 15) is 9.59 Å². The van der Waals surface area contributed by atoms with Crippen molar-refractivity contribution >= 4 is 29.2 Å². The van der Waals surface area contributed by atoms with E-state index >= 15 is 0 Å². The van der Waals surface area contributed by atoms with Crippen molar-refractivity contribution in [2.24, 2.45) is 5.73 Å². The van der Waals surface area contributed by atoms with Crippen LogP contribution in [0.4, 0.5) is 16.2 Å². The van der Waals surface area contributed by atoms with Crippen LogP contribution in [0.25, 0.3) is 11.1 Å². The van der Waals surface area contributed by atoms with Crippen molar-refractivity contribution in [2.45, 2.75) is 44.7 Å². The number of ether oxygens (including phenoxy) is 1. The number of nitrogens with two attached hydrogens (primary N) is 1. The number of rotatable bonds is 5. The fraction of sp³-hybridized carbons (Fsp3) is 0.286. The molecular weight excluding hydrogens is 468 g/mol. The highest BCUT2D eigenvalue weighted by molar-refractivity contribution is 5.97. The van der Waals surface area contributed by atoms with Gasteiger partial charge < -0.3 is 21.1 Å². The van der Waals surface area contributed by atoms with Gasteiger partial charge in [0.25, 0.3) is 0 Å². The lowest BCUT2D eigenvalue weighted by Gasteiger charge is -2.20. The first-order valence-corrected chi connectivity index (χ1v) is 12.3. The summed E-state index contributed by atoms with van der Waals surface area (Å²) >= 11 is 0. The number of amides is 2. The Morgan fingerprint density at radius 3 is 2.70 bits per heavy atom. The van der Waals surface area contributed by atoms with Gasteiger partial charge in [-0.15, -0.1) is 0 Å². The molecule has 1 aliphatic heterocycles. The van der Waals surface area contributed by atoms with Crippen LogP contribution < -0.4 is 21.7 Å². The van der Waals surface area contributed by atoms with Crippen LogP contribution in [0, 0.1) is 5.41 Å². The van der Waals surface area contributed by atoms with Crippen LogP contribution in [0.15, 0.2) is 60.8 Å². The van der Waals surface area contributed by atoms with Gasteiger partial charge in [-0.25, -0.2) is 4.79 Å². The predicted octanol–water partition coefficient (Wildman–Crippen LogP) is 4.94. The summed E-state index contributed by atoms with van der Waals surface area (Å²) in [5, 5.41) is 16.9. The second-order valence-electron chi connectivity index (χ2n) is 9.04. The molecule has 1 unspecified atom stereocenters. The molecule has 3 aromatic rings. The van der Waals surface area contributed by atoms with Crippen LogP contribution in [-0.4, -0.2) is 29.9 Å². The molecule has 1 atom stereocenters. The number of benzene rings is 2. The molecule has 2 amide bonds. The molecule has 2 aromatic carbocycles. The van der Waals surface area contributed by atoms with Gasteiger partial charge in [-0.3, -0.25) is 20.5 Å². The molecule has 0 saturated heterocycles. The molecule has 0 radical (unpaired) electrons. The summed E-state index contributed by atoms with van der Waals surface area (Å²) in [4.78, 5) is 29.1. The maximum atomic E-state index is 12.7. The molecule has 2 heterocycles. The lowest BCUT2D eigenvalue weighted by Crippen LogP contribution is -2.22. The SMILES string of the molecule is COC(=O)Nc1ccc2c(c1)NC(=O)CCCCCC(NCc1ccc(C(=N)N)cc1)c1cc-2ccn1. The molecule has 37 heavy (non-hydrogen) atoms. The molecule has 0 fully saturated rings. The Morgan fingerprint density at radius 2 is 1.95 bits per heavy atom. The number of nitrogens with one attached hydrogen (secondary N) is 4. The molecule has 0 spiro atoms. The molecule has 2 bridgehead atoms. The Balaban J connectivity index is 1.62. The molecule has 9 heteroatoms. The van der Waals surface area contributed by atoms with Crippen LogP contribution in [0.3, 0.4) is 0 Å². The van der Waals surface area contributed by atoms with Crippen LogP contribution in [0.5, 0.6) is 0 Å². The van der Waals surface area contributed by atoms with Crippen molar-refractivity contribution in [2.75, 3.05) is 17.7 Å². The number of pyridine rings is 1. The summed E-state index contributed by atoms with van der Waals surface area (Å²) in [6.07, 6.45) is 5.18. The predicted molar refractivity (Wildman–Crippen MR) is 144 cm³/mol. The fourth-order valence-corrected chi connectivity index (χ4v) is 4.37. The van der Waals surface area contributed by atoms with Gasteiger partial charge in [0.2, 0.25) is 5.91 Å². The topological polar surface area (TPSA) is 142 Å². The molecule has 0 aliphatic carbocycles. The van der Waals surface area contributed by atoms with Crippen LogP contribution in [-0.2, 0) is 16.1 Å². The Labute approximate surface area is 216 Å². The molecule has 6 N–H and O–H groups in total. The largest absolute Gasteiger partial charge is 0.453 e. The fourth-order valence-electron chi connectivity index (χ4n) is 4.37. The Morgan fingerprint density at radius 1 is 1.14 bits per heavy atom. The lowest BCUT2D eigenvalue weighted by atomic mass is 9.99. The Hall–Kier alpha value is -4.24. The van der Waals surface area contributed by atoms with Gasteiger partial charge >= 0.3 is 6.09 Å². The highest BCUT2D eigenvalue weighted by atomic mass is 16.5. The van der Waals surface area contributed by atoms with Gasteiger partial charge in [-0.1, -0.05) is 43.2 Å². The number of nitrogen functional groups attached to an aromatic ring is 1. The van der Waals surface area contributed by atoms with E-state index in [1.54, 1.807) is 18.3 Å². The number of amidine groups is 1. The molecule has 4 rings (SSSR count). The second-order valence-corrected chi connectivity index (χ2v) is 9.04. The second kappa shape index (κ2) is 12.1. The zero-order chi connectivity index (χ0) is 26.2. The van der Waals surface area contributed by atoms with Crippen molar-refractivity contribution in [1.82, 2.24) is 10.3 Å². The molecular formula is C28H32N6O3. The molecule has 9 nitrogen and oxygen atoms in total. The van der Waals surface area contributed by atoms with E-state index in [-0.39, 0.29) is 17.8 Å². The summed E-state index contributed by atoms with van der Waals surface area (Å²) < 4.78 is 4.70. The quantitative estimate of drug-likeness (QED) is 0.248. The van der Waals surface area contributed by atoms with E-state index < -0.39 is 6.09 Å². The van der Waals surface area contributed by atoms with Crippen LogP contribution in [0.1, 0.15) is 55.0 Å². The van der Waals surface area contributed by atoms with Crippen LogP contribution in [0.2, 0.25) is 0 Å². The van der Waals surface area contributed by atoms with Crippen molar-refractivity contribution in [1.29, 1.82) is 5.41 Å². The average molecular weight is 501 g/mol. The number of methoxy groups -OCH3 is 1. The van der Waals surface area contributed by atoms with Crippen molar-refractivity contribution in [3.8, 4) is 11.1 Å². The number of hydrogen-bond donors (Lipinski definition) is 5. The third-order valence-corrected chi connectivity index (χ3v) is 6.39. The van der Waals surface area contributed by atoms with E-state index in [4.69, 9.17) is 15.9 Å². The highest BCUT2D eigenvalue weighted by Crippen LogP contribution is 2.33. The number of hydrogen-bond acceptors (Lipinski definition) is 6.